The second-order valence-electron chi connectivity index (χ2n) is 19.6. The van der Waals surface area contributed by atoms with Crippen molar-refractivity contribution >= 4 is 17.9 Å². The van der Waals surface area contributed by atoms with Gasteiger partial charge >= 0.3 is 17.9 Å². The molecule has 6 nitrogen and oxygen atoms in total. The largest absolute Gasteiger partial charge is 0.462 e. The third kappa shape index (κ3) is 47.7. The van der Waals surface area contributed by atoms with E-state index in [0.29, 0.717) is 19.3 Å². The number of ether oxygens (including phenoxy) is 3. The maximum absolute atomic E-state index is 12.7. The third-order valence-corrected chi connectivity index (χ3v) is 12.8. The van der Waals surface area contributed by atoms with Gasteiger partial charge in [0, 0.05) is 19.3 Å². The van der Waals surface area contributed by atoms with Crippen molar-refractivity contribution in [3.05, 3.63) is 0 Å². The van der Waals surface area contributed by atoms with Gasteiger partial charge in [-0.2, -0.15) is 0 Å². The molecule has 0 saturated carbocycles. The number of esters is 3. The van der Waals surface area contributed by atoms with Gasteiger partial charge in [0.15, 0.2) is 6.10 Å². The Labute approximate surface area is 380 Å². The Bertz CT molecular complexity index is 933. The first-order chi connectivity index (χ1) is 29.8. The summed E-state index contributed by atoms with van der Waals surface area (Å²) in [6.07, 6.45) is 49.6. The minimum Gasteiger partial charge on any atom is -0.462 e. The number of hydrogen-bond donors (Lipinski definition) is 0. The second kappa shape index (κ2) is 47.9. The molecule has 0 aromatic heterocycles. The fourth-order valence-electron chi connectivity index (χ4n) is 8.31. The van der Waals surface area contributed by atoms with E-state index in [1.165, 1.54) is 193 Å². The van der Waals surface area contributed by atoms with E-state index in [-0.39, 0.29) is 31.1 Å². The summed E-state index contributed by atoms with van der Waals surface area (Å²) in [6, 6.07) is 0. The molecule has 0 N–H and O–H groups in total. The molecular weight excluding hydrogens is 757 g/mol. The van der Waals surface area contributed by atoms with Crippen LogP contribution in [0.2, 0.25) is 0 Å². The Morgan fingerprint density at radius 1 is 0.344 bits per heavy atom. The Hall–Kier alpha value is -1.59. The summed E-state index contributed by atoms with van der Waals surface area (Å²) < 4.78 is 16.8. The molecule has 0 saturated heterocycles. The van der Waals surface area contributed by atoms with Crippen LogP contribution in [0.25, 0.3) is 0 Å². The summed E-state index contributed by atoms with van der Waals surface area (Å²) in [7, 11) is 0. The molecule has 1 unspecified atom stereocenters. The van der Waals surface area contributed by atoms with E-state index in [1.54, 1.807) is 0 Å². The van der Waals surface area contributed by atoms with Gasteiger partial charge in [-0.1, -0.05) is 266 Å². The average molecular weight is 863 g/mol. The van der Waals surface area contributed by atoms with E-state index >= 15 is 0 Å². The molecule has 0 aromatic rings. The zero-order valence-electron chi connectivity index (χ0n) is 41.8. The molecule has 0 bridgehead atoms. The molecule has 0 aliphatic heterocycles. The van der Waals surface area contributed by atoms with Crippen molar-refractivity contribution in [2.24, 2.45) is 11.8 Å². The van der Waals surface area contributed by atoms with Crippen LogP contribution in [0.15, 0.2) is 0 Å². The lowest BCUT2D eigenvalue weighted by Gasteiger charge is -2.18. The Balaban J connectivity index is 4.09. The summed E-state index contributed by atoms with van der Waals surface area (Å²) in [5, 5.41) is 0. The summed E-state index contributed by atoms with van der Waals surface area (Å²) in [5.41, 5.74) is 0. The average Bonchev–Trinajstić information content (AvgIpc) is 3.24. The van der Waals surface area contributed by atoms with E-state index in [4.69, 9.17) is 14.2 Å². The van der Waals surface area contributed by atoms with Crippen LogP contribution in [0.1, 0.15) is 304 Å². The first-order valence-electron chi connectivity index (χ1n) is 27.3. The van der Waals surface area contributed by atoms with E-state index in [0.717, 1.165) is 69.6 Å². The maximum atomic E-state index is 12.7. The zero-order chi connectivity index (χ0) is 44.7. The Morgan fingerprint density at radius 2 is 0.623 bits per heavy atom. The Morgan fingerprint density at radius 3 is 0.934 bits per heavy atom. The molecule has 0 heterocycles. The molecule has 0 aliphatic carbocycles. The van der Waals surface area contributed by atoms with Crippen molar-refractivity contribution in [2.45, 2.75) is 310 Å². The topological polar surface area (TPSA) is 78.9 Å². The van der Waals surface area contributed by atoms with Gasteiger partial charge in [0.1, 0.15) is 13.2 Å². The van der Waals surface area contributed by atoms with Gasteiger partial charge in [-0.05, 0) is 31.1 Å². The molecule has 6 heteroatoms. The lowest BCUT2D eigenvalue weighted by molar-refractivity contribution is -0.167. The second-order valence-corrected chi connectivity index (χ2v) is 19.6. The van der Waals surface area contributed by atoms with Crippen LogP contribution in [0.5, 0.6) is 0 Å². The molecule has 0 aromatic carbocycles. The van der Waals surface area contributed by atoms with E-state index < -0.39 is 6.10 Å². The number of hydrogen-bond acceptors (Lipinski definition) is 6. The fraction of sp³-hybridized carbons (Fsp3) is 0.945. The molecule has 0 fully saturated rings. The molecule has 0 spiro atoms. The quantitative estimate of drug-likeness (QED) is 0.0344. The van der Waals surface area contributed by atoms with Gasteiger partial charge in [-0.15, -0.1) is 0 Å². The highest BCUT2D eigenvalue weighted by molar-refractivity contribution is 5.71. The standard InChI is InChI=1S/C55H106O6/c1-6-8-9-10-28-37-42-47-55(58)61-52(49-60-54(57)46-41-36-32-27-23-19-20-24-29-33-38-43-50(3)4)48-59-53(56)45-40-35-31-26-22-18-16-14-12-11-13-15-17-21-25-30-34-39-44-51(5)7-2/h50-52H,6-49H2,1-5H3/t51?,52-/m1/s1. The molecule has 362 valence electrons. The van der Waals surface area contributed by atoms with Gasteiger partial charge in [0.05, 0.1) is 0 Å². The highest BCUT2D eigenvalue weighted by Gasteiger charge is 2.19. The van der Waals surface area contributed by atoms with Crippen LogP contribution < -0.4 is 0 Å². The highest BCUT2D eigenvalue weighted by Crippen LogP contribution is 2.18. The normalized spacial score (nSPS) is 12.5. The Kier molecular flexibility index (Phi) is 46.6. The molecule has 0 radical (unpaired) electrons. The van der Waals surface area contributed by atoms with Crippen LogP contribution in [0, 0.1) is 11.8 Å². The fourth-order valence-corrected chi connectivity index (χ4v) is 8.31. The minimum absolute atomic E-state index is 0.0639. The first kappa shape index (κ1) is 59.4. The lowest BCUT2D eigenvalue weighted by Crippen LogP contribution is -2.30. The van der Waals surface area contributed by atoms with Crippen LogP contribution in [0.3, 0.4) is 0 Å². The van der Waals surface area contributed by atoms with E-state index in [2.05, 4.69) is 34.6 Å². The number of rotatable bonds is 49. The van der Waals surface area contributed by atoms with E-state index in [9.17, 15) is 14.4 Å². The number of carbonyl (C=O) groups excluding carboxylic acids is 3. The van der Waals surface area contributed by atoms with Crippen molar-refractivity contribution in [1.82, 2.24) is 0 Å². The van der Waals surface area contributed by atoms with E-state index in [1.807, 2.05) is 0 Å². The van der Waals surface area contributed by atoms with Crippen LogP contribution in [0.4, 0.5) is 0 Å². The van der Waals surface area contributed by atoms with Crippen LogP contribution in [-0.2, 0) is 28.6 Å². The van der Waals surface area contributed by atoms with Gasteiger partial charge in [0.25, 0.3) is 0 Å². The monoisotopic (exact) mass is 863 g/mol. The zero-order valence-corrected chi connectivity index (χ0v) is 41.8. The summed E-state index contributed by atoms with van der Waals surface area (Å²) in [4.78, 5) is 37.8. The first-order valence-corrected chi connectivity index (χ1v) is 27.3. The van der Waals surface area contributed by atoms with Crippen molar-refractivity contribution in [3.8, 4) is 0 Å². The molecule has 0 aliphatic rings. The van der Waals surface area contributed by atoms with Crippen molar-refractivity contribution < 1.29 is 28.6 Å². The predicted octanol–water partition coefficient (Wildman–Crippen LogP) is 17.7. The van der Waals surface area contributed by atoms with Gasteiger partial charge in [-0.3, -0.25) is 14.4 Å². The van der Waals surface area contributed by atoms with Crippen molar-refractivity contribution in [3.63, 3.8) is 0 Å². The van der Waals surface area contributed by atoms with Gasteiger partial charge in [0.2, 0.25) is 0 Å². The number of carbonyl (C=O) groups is 3. The summed E-state index contributed by atoms with van der Waals surface area (Å²) >= 11 is 0. The molecular formula is C55H106O6. The summed E-state index contributed by atoms with van der Waals surface area (Å²) in [6.45, 7) is 11.4. The van der Waals surface area contributed by atoms with Crippen LogP contribution in [-0.4, -0.2) is 37.2 Å². The smallest absolute Gasteiger partial charge is 0.306 e. The summed E-state index contributed by atoms with van der Waals surface area (Å²) in [5.74, 6) is 0.884. The van der Waals surface area contributed by atoms with Crippen molar-refractivity contribution in [1.29, 1.82) is 0 Å². The molecule has 0 amide bonds. The SMILES string of the molecule is CCCCCCCCCC(=O)O[C@H](COC(=O)CCCCCCCCCCCCCCCCCCCCC(C)CC)COC(=O)CCCCCCCCCCCCCC(C)C. The van der Waals surface area contributed by atoms with Gasteiger partial charge < -0.3 is 14.2 Å². The molecule has 0 rings (SSSR count). The van der Waals surface area contributed by atoms with Gasteiger partial charge in [-0.25, -0.2) is 0 Å². The molecule has 2 atom stereocenters. The van der Waals surface area contributed by atoms with Crippen molar-refractivity contribution in [2.75, 3.05) is 13.2 Å². The minimum atomic E-state index is -0.760. The predicted molar refractivity (Wildman–Crippen MR) is 261 cm³/mol. The third-order valence-electron chi connectivity index (χ3n) is 12.8. The number of unbranched alkanes of at least 4 members (excludes halogenated alkanes) is 33. The molecule has 61 heavy (non-hydrogen) atoms. The highest BCUT2D eigenvalue weighted by atomic mass is 16.6. The maximum Gasteiger partial charge on any atom is 0.306 e. The van der Waals surface area contributed by atoms with Crippen LogP contribution >= 0.6 is 0 Å². The lowest BCUT2D eigenvalue weighted by atomic mass is 9.99.